The van der Waals surface area contributed by atoms with Crippen LogP contribution in [0.15, 0.2) is 6.20 Å². The molecule has 0 saturated carbocycles. The van der Waals surface area contributed by atoms with Gasteiger partial charge in [-0.25, -0.2) is 8.78 Å². The molecule has 0 aromatic carbocycles. The van der Waals surface area contributed by atoms with E-state index >= 15 is 0 Å². The molecule has 0 aliphatic carbocycles. The Hall–Kier alpha value is -0.920. The van der Waals surface area contributed by atoms with E-state index in [1.165, 1.54) is 0 Å². The summed E-state index contributed by atoms with van der Waals surface area (Å²) in [5.41, 5.74) is -0.207. The maximum atomic E-state index is 12.3. The van der Waals surface area contributed by atoms with Crippen molar-refractivity contribution in [3.05, 3.63) is 27.5 Å². The lowest BCUT2D eigenvalue weighted by Crippen LogP contribution is -1.96. The summed E-state index contributed by atoms with van der Waals surface area (Å²) in [4.78, 5) is 3.44. The number of alkyl halides is 2. The van der Waals surface area contributed by atoms with Crippen LogP contribution in [-0.4, -0.2) is 4.98 Å². The first-order valence-corrected chi connectivity index (χ1v) is 4.31. The van der Waals surface area contributed by atoms with Crippen LogP contribution in [0.3, 0.4) is 0 Å². The first kappa shape index (κ1) is 11.2. The van der Waals surface area contributed by atoms with Gasteiger partial charge in [0.1, 0.15) is 5.69 Å². The molecule has 0 N–H and O–H groups in total. The summed E-state index contributed by atoms with van der Waals surface area (Å²) < 4.78 is 24.5. The van der Waals surface area contributed by atoms with Gasteiger partial charge >= 0.3 is 0 Å². The van der Waals surface area contributed by atoms with Crippen LogP contribution >= 0.6 is 23.2 Å². The minimum absolute atomic E-state index is 0.00489. The molecule has 74 valence electrons. The third kappa shape index (κ3) is 2.11. The number of nitrogens with zero attached hydrogens (tertiary/aromatic N) is 2. The van der Waals surface area contributed by atoms with Gasteiger partial charge in [0.15, 0.2) is 0 Å². The molecule has 0 bridgehead atoms. The normalized spacial score (nSPS) is 10.3. The lowest BCUT2D eigenvalue weighted by Gasteiger charge is -2.06. The van der Waals surface area contributed by atoms with E-state index in [9.17, 15) is 8.78 Å². The van der Waals surface area contributed by atoms with Crippen molar-refractivity contribution in [1.82, 2.24) is 4.98 Å². The molecule has 2 nitrogen and oxygen atoms in total. The summed E-state index contributed by atoms with van der Waals surface area (Å²) in [5, 5.41) is 8.07. The van der Waals surface area contributed by atoms with Gasteiger partial charge in [-0.15, -0.1) is 0 Å². The smallest absolute Gasteiger partial charge is 0.253 e. The van der Waals surface area contributed by atoms with E-state index in [1.54, 1.807) is 0 Å². The Morgan fingerprint density at radius 1 is 1.43 bits per heavy atom. The van der Waals surface area contributed by atoms with E-state index < -0.39 is 12.1 Å². The zero-order chi connectivity index (χ0) is 10.7. The largest absolute Gasteiger partial charge is 0.281 e. The predicted molar refractivity (Wildman–Crippen MR) is 48.5 cm³/mol. The van der Waals surface area contributed by atoms with Crippen LogP contribution in [0.25, 0.3) is 0 Å². The third-order valence-electron chi connectivity index (χ3n) is 1.54. The molecule has 0 atom stereocenters. The van der Waals surface area contributed by atoms with Crippen LogP contribution in [-0.2, 0) is 6.42 Å². The Kier molecular flexibility index (Phi) is 3.62. The van der Waals surface area contributed by atoms with Crippen LogP contribution in [0.4, 0.5) is 8.78 Å². The van der Waals surface area contributed by atoms with Crippen molar-refractivity contribution >= 4 is 23.2 Å². The molecule has 0 spiro atoms. The van der Waals surface area contributed by atoms with Gasteiger partial charge in [0, 0.05) is 11.8 Å². The highest BCUT2D eigenvalue weighted by atomic mass is 35.5. The Morgan fingerprint density at radius 3 is 2.57 bits per heavy atom. The molecule has 6 heteroatoms. The average molecular weight is 237 g/mol. The first-order chi connectivity index (χ1) is 6.57. The van der Waals surface area contributed by atoms with Crippen molar-refractivity contribution in [2.75, 3.05) is 0 Å². The highest BCUT2D eigenvalue weighted by molar-refractivity contribution is 6.42. The summed E-state index contributed by atoms with van der Waals surface area (Å²) >= 11 is 11.2. The molecular formula is C8H4Cl2F2N2. The van der Waals surface area contributed by atoms with Crippen molar-refractivity contribution in [1.29, 1.82) is 5.26 Å². The second-order valence-electron chi connectivity index (χ2n) is 2.43. The number of rotatable bonds is 2. The summed E-state index contributed by atoms with van der Waals surface area (Å²) in [5.74, 6) is 0. The predicted octanol–water partition coefficient (Wildman–Crippen LogP) is 3.39. The highest BCUT2D eigenvalue weighted by Gasteiger charge is 2.18. The van der Waals surface area contributed by atoms with Gasteiger partial charge < -0.3 is 0 Å². The van der Waals surface area contributed by atoms with E-state index in [2.05, 4.69) is 4.98 Å². The van der Waals surface area contributed by atoms with Crippen molar-refractivity contribution in [2.24, 2.45) is 0 Å². The number of hydrogen-bond donors (Lipinski definition) is 0. The van der Waals surface area contributed by atoms with Crippen molar-refractivity contribution in [2.45, 2.75) is 12.8 Å². The molecule has 0 aliphatic rings. The monoisotopic (exact) mass is 236 g/mol. The molecule has 1 aromatic heterocycles. The maximum Gasteiger partial charge on any atom is 0.281 e. The fraction of sp³-hybridized carbons (Fsp3) is 0.250. The minimum atomic E-state index is -2.77. The SMILES string of the molecule is N#CCc1cnc(C(F)F)c(Cl)c1Cl. The van der Waals surface area contributed by atoms with Gasteiger partial charge in [0.05, 0.1) is 22.5 Å². The lowest BCUT2D eigenvalue weighted by molar-refractivity contribution is 0.146. The minimum Gasteiger partial charge on any atom is -0.253 e. The fourth-order valence-corrected chi connectivity index (χ4v) is 1.34. The Labute approximate surface area is 89.1 Å². The second kappa shape index (κ2) is 4.54. The van der Waals surface area contributed by atoms with Gasteiger partial charge in [-0.1, -0.05) is 23.2 Å². The molecule has 0 fully saturated rings. The van der Waals surface area contributed by atoms with Crippen molar-refractivity contribution < 1.29 is 8.78 Å². The standard InChI is InChI=1S/C8H4Cl2F2N2/c9-5-4(1-2-13)3-14-7(6(5)10)8(11)12/h3,8H,1H2. The number of pyridine rings is 1. The molecule has 14 heavy (non-hydrogen) atoms. The van der Waals surface area contributed by atoms with Crippen LogP contribution in [0, 0.1) is 11.3 Å². The maximum absolute atomic E-state index is 12.3. The molecule has 0 amide bonds. The molecule has 0 aliphatic heterocycles. The van der Waals surface area contributed by atoms with Gasteiger partial charge in [-0.3, -0.25) is 4.98 Å². The first-order valence-electron chi connectivity index (χ1n) is 3.55. The van der Waals surface area contributed by atoms with E-state index in [4.69, 9.17) is 28.5 Å². The van der Waals surface area contributed by atoms with Gasteiger partial charge in [0.2, 0.25) is 0 Å². The molecule has 0 unspecified atom stereocenters. The Balaban J connectivity index is 3.20. The van der Waals surface area contributed by atoms with E-state index in [0.29, 0.717) is 5.56 Å². The summed E-state index contributed by atoms with van der Waals surface area (Å²) in [6, 6.07) is 1.83. The lowest BCUT2D eigenvalue weighted by atomic mass is 10.2. The third-order valence-corrected chi connectivity index (χ3v) is 2.45. The molecule has 0 saturated heterocycles. The number of aromatic nitrogens is 1. The average Bonchev–Trinajstić information content (AvgIpc) is 2.13. The van der Waals surface area contributed by atoms with Crippen LogP contribution in [0.5, 0.6) is 0 Å². The summed E-state index contributed by atoms with van der Waals surface area (Å²) in [6.07, 6.45) is -1.63. The van der Waals surface area contributed by atoms with Crippen LogP contribution in [0.1, 0.15) is 17.7 Å². The topological polar surface area (TPSA) is 36.7 Å². The van der Waals surface area contributed by atoms with Crippen molar-refractivity contribution in [3.8, 4) is 6.07 Å². The van der Waals surface area contributed by atoms with Gasteiger partial charge in [-0.2, -0.15) is 5.26 Å². The fourth-order valence-electron chi connectivity index (χ4n) is 0.875. The van der Waals surface area contributed by atoms with Gasteiger partial charge in [-0.05, 0) is 0 Å². The highest BCUT2D eigenvalue weighted by Crippen LogP contribution is 2.33. The summed E-state index contributed by atoms with van der Waals surface area (Å²) in [6.45, 7) is 0. The zero-order valence-electron chi connectivity index (χ0n) is 6.77. The van der Waals surface area contributed by atoms with Crippen LogP contribution in [0.2, 0.25) is 10.0 Å². The molecular weight excluding hydrogens is 233 g/mol. The van der Waals surface area contributed by atoms with E-state index in [-0.39, 0.29) is 16.5 Å². The van der Waals surface area contributed by atoms with E-state index in [0.717, 1.165) is 6.20 Å². The van der Waals surface area contributed by atoms with Gasteiger partial charge in [0.25, 0.3) is 6.43 Å². The quantitative estimate of drug-likeness (QED) is 0.790. The summed E-state index contributed by atoms with van der Waals surface area (Å²) in [7, 11) is 0. The van der Waals surface area contributed by atoms with E-state index in [1.807, 2.05) is 6.07 Å². The molecule has 1 heterocycles. The Morgan fingerprint density at radius 2 is 2.07 bits per heavy atom. The molecule has 1 rings (SSSR count). The number of hydrogen-bond acceptors (Lipinski definition) is 2. The van der Waals surface area contributed by atoms with Crippen LogP contribution < -0.4 is 0 Å². The zero-order valence-corrected chi connectivity index (χ0v) is 8.28. The second-order valence-corrected chi connectivity index (χ2v) is 3.19. The number of nitriles is 1. The molecule has 1 aromatic rings. The number of halogens is 4. The van der Waals surface area contributed by atoms with Crippen molar-refractivity contribution in [3.63, 3.8) is 0 Å². The molecule has 0 radical (unpaired) electrons. The Bertz CT molecular complexity index is 388.